The number of nitrogens with zero attached hydrogens (tertiary/aromatic N) is 4. The number of aromatic nitrogens is 2. The monoisotopic (exact) mass is 277 g/mol. The van der Waals surface area contributed by atoms with E-state index >= 15 is 0 Å². The van der Waals surface area contributed by atoms with Crippen molar-refractivity contribution in [3.05, 3.63) is 18.1 Å². The second-order valence-corrected chi connectivity index (χ2v) is 4.93. The van der Waals surface area contributed by atoms with Gasteiger partial charge in [0.2, 0.25) is 0 Å². The zero-order valence-corrected chi connectivity index (χ0v) is 12.5. The lowest BCUT2D eigenvalue weighted by molar-refractivity contribution is 0.0679. The highest BCUT2D eigenvalue weighted by atomic mass is 16.5. The molecule has 0 amide bonds. The first-order valence-corrected chi connectivity index (χ1v) is 6.92. The van der Waals surface area contributed by atoms with Crippen molar-refractivity contribution in [3.63, 3.8) is 0 Å². The molecule has 110 valence electrons. The molecule has 0 radical (unpaired) electrons. The maximum atomic E-state index is 8.45. The fourth-order valence-electron chi connectivity index (χ4n) is 2.48. The first-order chi connectivity index (χ1) is 9.60. The van der Waals surface area contributed by atoms with E-state index < -0.39 is 0 Å². The second-order valence-electron chi connectivity index (χ2n) is 4.93. The number of hydrogen-bond donors (Lipinski definition) is 1. The van der Waals surface area contributed by atoms with Crippen LogP contribution >= 0.6 is 0 Å². The van der Waals surface area contributed by atoms with E-state index in [0.29, 0.717) is 24.7 Å². The van der Waals surface area contributed by atoms with Gasteiger partial charge in [0.15, 0.2) is 5.84 Å². The van der Waals surface area contributed by atoms with E-state index in [0.717, 1.165) is 31.3 Å². The molecule has 1 aromatic heterocycles. The minimum absolute atomic E-state index is 0.465. The molecule has 0 aromatic carbocycles. The maximum Gasteiger partial charge on any atom is 0.151 e. The number of amidine groups is 1. The van der Waals surface area contributed by atoms with Crippen LogP contribution in [0.15, 0.2) is 6.58 Å². The standard InChI is InChI=1S/C14H23N5O/c1-5-11-16-12(14(17(3)4)19(11)6-2)13(15)18-7-9-20-10-8-18/h5,15H,1,6-10H2,2-4H3. The SMILES string of the molecule is C=Cc1nc(C(=N)N2CCOCC2)c(N(C)C)n1CC. The maximum absolute atomic E-state index is 8.45. The van der Waals surface area contributed by atoms with E-state index in [2.05, 4.69) is 23.1 Å². The number of ether oxygens (including phenoxy) is 1. The summed E-state index contributed by atoms with van der Waals surface area (Å²) in [6.45, 7) is 9.52. The third-order valence-corrected chi connectivity index (χ3v) is 3.44. The Morgan fingerprint density at radius 3 is 2.60 bits per heavy atom. The van der Waals surface area contributed by atoms with Crippen molar-refractivity contribution in [2.45, 2.75) is 13.5 Å². The number of nitrogens with one attached hydrogen (secondary N) is 1. The summed E-state index contributed by atoms with van der Waals surface area (Å²) in [7, 11) is 3.96. The normalized spacial score (nSPS) is 15.2. The van der Waals surface area contributed by atoms with Crippen LogP contribution in [0, 0.1) is 5.41 Å². The molecule has 2 heterocycles. The van der Waals surface area contributed by atoms with Gasteiger partial charge in [-0.25, -0.2) is 4.98 Å². The summed E-state index contributed by atoms with van der Waals surface area (Å²) >= 11 is 0. The van der Waals surface area contributed by atoms with Crippen molar-refractivity contribution in [2.75, 3.05) is 45.3 Å². The highest BCUT2D eigenvalue weighted by molar-refractivity contribution is 5.99. The molecule has 1 aromatic rings. The molecular weight excluding hydrogens is 254 g/mol. The quantitative estimate of drug-likeness (QED) is 0.665. The molecule has 0 unspecified atom stereocenters. The highest BCUT2D eigenvalue weighted by Gasteiger charge is 2.24. The Hall–Kier alpha value is -1.82. The van der Waals surface area contributed by atoms with Crippen molar-refractivity contribution in [3.8, 4) is 0 Å². The molecule has 0 aliphatic carbocycles. The van der Waals surface area contributed by atoms with Gasteiger partial charge in [0, 0.05) is 33.7 Å². The minimum Gasteiger partial charge on any atom is -0.378 e. The number of hydrogen-bond acceptors (Lipinski definition) is 4. The molecule has 1 aliphatic heterocycles. The van der Waals surface area contributed by atoms with Gasteiger partial charge in [0.1, 0.15) is 17.3 Å². The molecule has 0 bridgehead atoms. The molecule has 0 saturated carbocycles. The lowest BCUT2D eigenvalue weighted by Gasteiger charge is -2.29. The van der Waals surface area contributed by atoms with Crippen LogP contribution in [0.3, 0.4) is 0 Å². The van der Waals surface area contributed by atoms with Crippen LogP contribution in [0.4, 0.5) is 5.82 Å². The lowest BCUT2D eigenvalue weighted by atomic mass is 10.3. The van der Waals surface area contributed by atoms with Crippen molar-refractivity contribution < 1.29 is 4.74 Å². The predicted octanol–water partition coefficient (Wildman–Crippen LogP) is 1.27. The summed E-state index contributed by atoms with van der Waals surface area (Å²) < 4.78 is 7.42. The summed E-state index contributed by atoms with van der Waals surface area (Å²) in [4.78, 5) is 8.62. The minimum atomic E-state index is 0.465. The van der Waals surface area contributed by atoms with E-state index in [9.17, 15) is 0 Å². The van der Waals surface area contributed by atoms with E-state index in [1.165, 1.54) is 0 Å². The van der Waals surface area contributed by atoms with Crippen LogP contribution in [-0.4, -0.2) is 60.7 Å². The summed E-state index contributed by atoms with van der Waals surface area (Å²) in [6, 6.07) is 0. The van der Waals surface area contributed by atoms with E-state index in [-0.39, 0.29) is 0 Å². The van der Waals surface area contributed by atoms with E-state index in [1.54, 1.807) is 6.08 Å². The Kier molecular flexibility index (Phi) is 4.44. The van der Waals surface area contributed by atoms with Gasteiger partial charge in [0.25, 0.3) is 0 Å². The molecule has 1 fully saturated rings. The largest absolute Gasteiger partial charge is 0.378 e. The van der Waals surface area contributed by atoms with Crippen LogP contribution in [0.1, 0.15) is 18.4 Å². The molecule has 6 nitrogen and oxygen atoms in total. The zero-order chi connectivity index (χ0) is 14.7. The Morgan fingerprint density at radius 1 is 1.45 bits per heavy atom. The predicted molar refractivity (Wildman–Crippen MR) is 81.5 cm³/mol. The van der Waals surface area contributed by atoms with Crippen molar-refractivity contribution in [1.29, 1.82) is 5.41 Å². The molecule has 1 saturated heterocycles. The molecule has 20 heavy (non-hydrogen) atoms. The number of anilines is 1. The van der Waals surface area contributed by atoms with Crippen LogP contribution < -0.4 is 4.90 Å². The van der Waals surface area contributed by atoms with Crippen LogP contribution in [-0.2, 0) is 11.3 Å². The van der Waals surface area contributed by atoms with Crippen LogP contribution in [0.2, 0.25) is 0 Å². The van der Waals surface area contributed by atoms with Gasteiger partial charge in [-0.3, -0.25) is 5.41 Å². The van der Waals surface area contributed by atoms with Crippen molar-refractivity contribution in [2.24, 2.45) is 0 Å². The fourth-order valence-corrected chi connectivity index (χ4v) is 2.48. The van der Waals surface area contributed by atoms with Gasteiger partial charge in [-0.05, 0) is 13.0 Å². The first-order valence-electron chi connectivity index (χ1n) is 6.92. The molecule has 6 heteroatoms. The molecule has 0 atom stereocenters. The third kappa shape index (κ3) is 2.56. The van der Waals surface area contributed by atoms with Crippen molar-refractivity contribution >= 4 is 17.7 Å². The summed E-state index contributed by atoms with van der Waals surface area (Å²) in [5.41, 5.74) is 0.716. The third-order valence-electron chi connectivity index (χ3n) is 3.44. The molecular formula is C14H23N5O. The topological polar surface area (TPSA) is 57.4 Å². The Bertz CT molecular complexity index is 500. The molecule has 2 rings (SSSR count). The van der Waals surface area contributed by atoms with Crippen molar-refractivity contribution in [1.82, 2.24) is 14.5 Å². The van der Waals surface area contributed by atoms with Crippen LogP contribution in [0.25, 0.3) is 6.08 Å². The molecule has 1 N–H and O–H groups in total. The van der Waals surface area contributed by atoms with Gasteiger partial charge in [-0.15, -0.1) is 0 Å². The summed E-state index contributed by atoms with van der Waals surface area (Å²) in [5, 5.41) is 8.45. The number of imidazole rings is 1. The second kappa shape index (κ2) is 6.09. The Morgan fingerprint density at radius 2 is 2.10 bits per heavy atom. The highest BCUT2D eigenvalue weighted by Crippen LogP contribution is 2.23. The first kappa shape index (κ1) is 14.6. The fraction of sp³-hybridized carbons (Fsp3) is 0.571. The summed E-state index contributed by atoms with van der Waals surface area (Å²) in [6.07, 6.45) is 1.74. The van der Waals surface area contributed by atoms with Gasteiger partial charge in [-0.1, -0.05) is 6.58 Å². The lowest BCUT2D eigenvalue weighted by Crippen LogP contribution is -2.41. The molecule has 1 aliphatic rings. The number of rotatable bonds is 4. The van der Waals surface area contributed by atoms with E-state index in [4.69, 9.17) is 10.1 Å². The van der Waals surface area contributed by atoms with Gasteiger partial charge >= 0.3 is 0 Å². The van der Waals surface area contributed by atoms with E-state index in [1.807, 2.05) is 23.9 Å². The Balaban J connectivity index is 2.41. The smallest absolute Gasteiger partial charge is 0.151 e. The zero-order valence-electron chi connectivity index (χ0n) is 12.5. The van der Waals surface area contributed by atoms with Gasteiger partial charge < -0.3 is 19.1 Å². The van der Waals surface area contributed by atoms with Gasteiger partial charge in [-0.2, -0.15) is 0 Å². The summed E-state index contributed by atoms with van der Waals surface area (Å²) in [5.74, 6) is 2.23. The average Bonchev–Trinajstić information content (AvgIpc) is 2.86. The van der Waals surface area contributed by atoms with Gasteiger partial charge in [0.05, 0.1) is 13.2 Å². The van der Waals surface area contributed by atoms with Crippen LogP contribution in [0.5, 0.6) is 0 Å². The number of morpholine rings is 1. The Labute approximate surface area is 120 Å². The average molecular weight is 277 g/mol. The molecule has 0 spiro atoms.